The molecule has 0 fully saturated rings. The van der Waals surface area contributed by atoms with Gasteiger partial charge in [-0.2, -0.15) is 0 Å². The first kappa shape index (κ1) is 17.4. The van der Waals surface area contributed by atoms with Crippen LogP contribution < -0.4 is 0 Å². The van der Waals surface area contributed by atoms with Gasteiger partial charge in [-0.05, 0) is 0 Å². The summed E-state index contributed by atoms with van der Waals surface area (Å²) in [5.41, 5.74) is -0.0862. The standard InChI is InChI=1S/C15H10O6.Co/c16-9-2-3-10(12(18)7-9)15(21)14(20)6-8-1-4-11(17)13(19)5-8;/h1-2,4-5,7,17-21H;/q-2;+2/b15-10-;. The molecule has 1 radical (unpaired) electrons. The smallest absolute Gasteiger partial charge is 0.551 e. The fourth-order valence-corrected chi connectivity index (χ4v) is 1.57. The monoisotopic (exact) mass is 345 g/mol. The second kappa shape index (κ2) is 6.88. The molecule has 1 aromatic rings. The van der Waals surface area contributed by atoms with Gasteiger partial charge in [-0.25, -0.2) is 0 Å². The van der Waals surface area contributed by atoms with Gasteiger partial charge in [-0.1, -0.05) is 35.9 Å². The molecule has 0 spiro atoms. The molecule has 0 saturated carbocycles. The second-order valence-electron chi connectivity index (χ2n) is 4.12. The normalized spacial score (nSPS) is 16.8. The van der Waals surface area contributed by atoms with Gasteiger partial charge in [-0.3, -0.25) is 0 Å². The van der Waals surface area contributed by atoms with Crippen molar-refractivity contribution in [2.75, 3.05) is 0 Å². The molecule has 1 aromatic carbocycles. The zero-order valence-electron chi connectivity index (χ0n) is 10.9. The minimum absolute atomic E-state index is 0. The number of ketones is 1. The van der Waals surface area contributed by atoms with Crippen LogP contribution in [0, 0.1) is 12.2 Å². The molecule has 7 heteroatoms. The summed E-state index contributed by atoms with van der Waals surface area (Å²) in [6, 6.07) is 3.63. The van der Waals surface area contributed by atoms with Crippen LogP contribution in [0.2, 0.25) is 0 Å². The Bertz CT molecular complexity index is 728. The summed E-state index contributed by atoms with van der Waals surface area (Å²) in [4.78, 5) is 11.0. The Morgan fingerprint density at radius 3 is 2.36 bits per heavy atom. The van der Waals surface area contributed by atoms with Gasteiger partial charge in [0.1, 0.15) is 11.5 Å². The summed E-state index contributed by atoms with van der Waals surface area (Å²) in [5.74, 6) is -3.27. The third kappa shape index (κ3) is 3.71. The Morgan fingerprint density at radius 2 is 1.77 bits per heavy atom. The molecule has 0 aromatic heterocycles. The van der Waals surface area contributed by atoms with Crippen molar-refractivity contribution in [3.63, 3.8) is 0 Å². The van der Waals surface area contributed by atoms with Crippen LogP contribution in [-0.4, -0.2) is 31.3 Å². The van der Waals surface area contributed by atoms with Crippen LogP contribution in [0.15, 0.2) is 53.2 Å². The molecule has 0 saturated heterocycles. The number of carbonyl (C=O) groups excluding carboxylic acids is 1. The van der Waals surface area contributed by atoms with Gasteiger partial charge in [0.05, 0.1) is 17.3 Å². The average Bonchev–Trinajstić information content (AvgIpc) is 2.42. The molecular formula is C15H10CoO6. The van der Waals surface area contributed by atoms with E-state index in [-0.39, 0.29) is 33.7 Å². The van der Waals surface area contributed by atoms with Crippen LogP contribution in [0.1, 0.15) is 5.56 Å². The average molecular weight is 345 g/mol. The third-order valence-corrected chi connectivity index (χ3v) is 2.59. The molecule has 0 atom stereocenters. The third-order valence-electron chi connectivity index (χ3n) is 2.59. The van der Waals surface area contributed by atoms with Crippen molar-refractivity contribution in [3.8, 4) is 11.5 Å². The van der Waals surface area contributed by atoms with Crippen LogP contribution in [0.5, 0.6) is 11.5 Å². The van der Waals surface area contributed by atoms with Gasteiger partial charge in [0.25, 0.3) is 0 Å². The number of allylic oxidation sites excluding steroid dienone is 3. The summed E-state index contributed by atoms with van der Waals surface area (Å²) < 4.78 is 0. The molecule has 2 rings (SSSR count). The molecule has 1 aliphatic rings. The summed E-state index contributed by atoms with van der Waals surface area (Å²) >= 11 is 0. The first-order chi connectivity index (χ1) is 9.88. The van der Waals surface area contributed by atoms with Gasteiger partial charge in [-0.15, -0.1) is 17.7 Å². The van der Waals surface area contributed by atoms with Gasteiger partial charge in [0.15, 0.2) is 0 Å². The predicted molar refractivity (Wildman–Crippen MR) is 71.4 cm³/mol. The van der Waals surface area contributed by atoms with E-state index >= 15 is 0 Å². The summed E-state index contributed by atoms with van der Waals surface area (Å²) in [6.45, 7) is 0. The van der Waals surface area contributed by atoms with E-state index < -0.39 is 28.8 Å². The summed E-state index contributed by atoms with van der Waals surface area (Å²) in [5, 5.41) is 47.5. The van der Waals surface area contributed by atoms with E-state index in [1.54, 1.807) is 0 Å². The van der Waals surface area contributed by atoms with E-state index in [2.05, 4.69) is 12.2 Å². The zero-order chi connectivity index (χ0) is 15.6. The molecule has 0 amide bonds. The van der Waals surface area contributed by atoms with Crippen LogP contribution >= 0.6 is 0 Å². The number of rotatable bonds is 2. The first-order valence-corrected chi connectivity index (χ1v) is 5.71. The number of carbonyl (C=O) groups is 1. The number of phenols is 2. The molecular weight excluding hydrogens is 335 g/mol. The quantitative estimate of drug-likeness (QED) is 0.317. The fourth-order valence-electron chi connectivity index (χ4n) is 1.57. The Hall–Kier alpha value is -2.64. The molecule has 0 heterocycles. The summed E-state index contributed by atoms with van der Waals surface area (Å²) in [6.07, 6.45) is 6.54. The minimum Gasteiger partial charge on any atom is -0.551 e. The summed E-state index contributed by atoms with van der Waals surface area (Å²) in [7, 11) is 0. The minimum atomic E-state index is -0.736. The Balaban J connectivity index is 0.00000242. The van der Waals surface area contributed by atoms with E-state index in [1.165, 1.54) is 12.1 Å². The van der Waals surface area contributed by atoms with E-state index in [0.29, 0.717) is 0 Å². The molecule has 22 heavy (non-hydrogen) atoms. The van der Waals surface area contributed by atoms with E-state index in [4.69, 9.17) is 5.11 Å². The van der Waals surface area contributed by atoms with Crippen molar-refractivity contribution in [2.45, 2.75) is 0 Å². The molecule has 6 nitrogen and oxygen atoms in total. The van der Waals surface area contributed by atoms with Gasteiger partial charge < -0.3 is 30.3 Å². The van der Waals surface area contributed by atoms with Gasteiger partial charge in [0.2, 0.25) is 0 Å². The second-order valence-corrected chi connectivity index (χ2v) is 4.12. The largest absolute Gasteiger partial charge is 2.00 e. The van der Waals surface area contributed by atoms with E-state index in [9.17, 15) is 25.2 Å². The predicted octanol–water partition coefficient (Wildman–Crippen LogP) is 1.88. The number of aromatic hydroxyl groups is 2. The number of hydrogen-bond donors (Lipinski definition) is 5. The molecule has 5 N–H and O–H groups in total. The Kier molecular flexibility index (Phi) is 5.44. The van der Waals surface area contributed by atoms with Gasteiger partial charge in [0, 0.05) is 5.76 Å². The molecule has 115 valence electrons. The fraction of sp³-hybridized carbons (Fsp3) is 0. The maximum atomic E-state index is 11.0. The van der Waals surface area contributed by atoms with Crippen molar-refractivity contribution in [3.05, 3.63) is 70.9 Å². The van der Waals surface area contributed by atoms with E-state index in [0.717, 1.165) is 18.2 Å². The molecule has 1 aliphatic carbocycles. The van der Waals surface area contributed by atoms with Gasteiger partial charge >= 0.3 is 16.8 Å². The molecule has 0 bridgehead atoms. The van der Waals surface area contributed by atoms with Crippen molar-refractivity contribution < 1.29 is 47.1 Å². The maximum Gasteiger partial charge on any atom is 2.00 e. The maximum absolute atomic E-state index is 11.0. The van der Waals surface area contributed by atoms with Crippen molar-refractivity contribution in [2.24, 2.45) is 0 Å². The number of aliphatic hydroxyl groups is 3. The van der Waals surface area contributed by atoms with Crippen LogP contribution in [0.3, 0.4) is 0 Å². The Labute approximate surface area is 135 Å². The SMILES string of the molecule is O=C1C=[C-]/C(=C(/O)C(O)=[C-]c2ccc(O)c(O)c2)C(O)=C1.[Co+2]. The zero-order valence-corrected chi connectivity index (χ0v) is 11.9. The topological polar surface area (TPSA) is 118 Å². The van der Waals surface area contributed by atoms with Crippen molar-refractivity contribution >= 4 is 5.78 Å². The Morgan fingerprint density at radius 1 is 1.09 bits per heavy atom. The molecule has 0 aliphatic heterocycles. The van der Waals surface area contributed by atoms with E-state index in [1.807, 2.05) is 0 Å². The van der Waals surface area contributed by atoms with Crippen LogP contribution in [0.4, 0.5) is 0 Å². The number of benzene rings is 1. The number of phenolic OH excluding ortho intramolecular Hbond substituents is 2. The van der Waals surface area contributed by atoms with Crippen molar-refractivity contribution in [1.29, 1.82) is 0 Å². The number of aliphatic hydroxyl groups excluding tert-OH is 3. The van der Waals surface area contributed by atoms with Crippen LogP contribution in [-0.2, 0) is 21.6 Å². The van der Waals surface area contributed by atoms with Crippen molar-refractivity contribution in [1.82, 2.24) is 0 Å². The molecule has 0 unspecified atom stereocenters. The van der Waals surface area contributed by atoms with Crippen LogP contribution in [0.25, 0.3) is 0 Å². The first-order valence-electron chi connectivity index (χ1n) is 5.71. The number of hydrogen-bond acceptors (Lipinski definition) is 6.